The van der Waals surface area contributed by atoms with Gasteiger partial charge in [0.05, 0.1) is 16.2 Å². The molecule has 0 aliphatic rings. The molecule has 0 unspecified atom stereocenters. The zero-order valence-electron chi connectivity index (χ0n) is 10.7. The van der Waals surface area contributed by atoms with Crippen LogP contribution in [0.25, 0.3) is 10.9 Å². The van der Waals surface area contributed by atoms with E-state index in [1.165, 1.54) is 0 Å². The maximum absolute atomic E-state index is 12.2. The fourth-order valence-electron chi connectivity index (χ4n) is 1.94. The number of hydrogen-bond acceptors (Lipinski definition) is 3. The predicted molar refractivity (Wildman–Crippen MR) is 86.6 cm³/mol. The summed E-state index contributed by atoms with van der Waals surface area (Å²) in [5, 5.41) is 4.17. The van der Waals surface area contributed by atoms with Crippen molar-refractivity contribution in [1.29, 1.82) is 0 Å². The third kappa shape index (κ3) is 2.89. The van der Waals surface area contributed by atoms with Gasteiger partial charge in [0.2, 0.25) is 0 Å². The molecule has 21 heavy (non-hydrogen) atoms. The molecular weight excluding hydrogens is 354 g/mol. The summed E-state index contributed by atoms with van der Waals surface area (Å²) < 4.78 is 0.820. The Labute approximate surface area is 134 Å². The van der Waals surface area contributed by atoms with Gasteiger partial charge in [0.1, 0.15) is 5.69 Å². The summed E-state index contributed by atoms with van der Waals surface area (Å²) in [5.41, 5.74) is 1.64. The van der Waals surface area contributed by atoms with Crippen LogP contribution in [0, 0.1) is 0 Å². The van der Waals surface area contributed by atoms with Crippen molar-refractivity contribution in [3.63, 3.8) is 0 Å². The van der Waals surface area contributed by atoms with Gasteiger partial charge < -0.3 is 5.32 Å². The van der Waals surface area contributed by atoms with Crippen LogP contribution in [0.3, 0.4) is 0 Å². The van der Waals surface area contributed by atoms with Crippen molar-refractivity contribution in [2.75, 3.05) is 5.32 Å². The van der Waals surface area contributed by atoms with E-state index in [1.54, 1.807) is 42.7 Å². The van der Waals surface area contributed by atoms with Gasteiger partial charge in [-0.05, 0) is 52.3 Å². The summed E-state index contributed by atoms with van der Waals surface area (Å²) in [6.45, 7) is 0. The summed E-state index contributed by atoms with van der Waals surface area (Å²) in [4.78, 5) is 20.5. The lowest BCUT2D eigenvalue weighted by Crippen LogP contribution is -2.13. The number of halogens is 2. The minimum Gasteiger partial charge on any atom is -0.320 e. The van der Waals surface area contributed by atoms with Crippen LogP contribution in [-0.4, -0.2) is 15.9 Å². The molecule has 0 aliphatic carbocycles. The number of aromatic nitrogens is 2. The Hall–Kier alpha value is -1.98. The SMILES string of the molecule is O=C(Nc1ccc(Cl)c2ncccc12)c1ccc(Br)cn1. The summed E-state index contributed by atoms with van der Waals surface area (Å²) in [6.07, 6.45) is 3.24. The first kappa shape index (κ1) is 14.0. The van der Waals surface area contributed by atoms with E-state index in [-0.39, 0.29) is 5.91 Å². The summed E-state index contributed by atoms with van der Waals surface area (Å²) in [7, 11) is 0. The third-order valence-corrected chi connectivity index (χ3v) is 3.70. The molecule has 4 nitrogen and oxygen atoms in total. The predicted octanol–water partition coefficient (Wildman–Crippen LogP) is 4.30. The molecule has 1 N–H and O–H groups in total. The van der Waals surface area contributed by atoms with Gasteiger partial charge in [-0.2, -0.15) is 0 Å². The highest BCUT2D eigenvalue weighted by molar-refractivity contribution is 9.10. The van der Waals surface area contributed by atoms with E-state index in [0.29, 0.717) is 21.9 Å². The number of carbonyl (C=O) groups is 1. The molecule has 2 aromatic heterocycles. The van der Waals surface area contributed by atoms with Crippen molar-refractivity contribution in [2.24, 2.45) is 0 Å². The van der Waals surface area contributed by atoms with Crippen LogP contribution >= 0.6 is 27.5 Å². The van der Waals surface area contributed by atoms with E-state index in [9.17, 15) is 4.79 Å². The smallest absolute Gasteiger partial charge is 0.274 e. The average Bonchev–Trinajstić information content (AvgIpc) is 2.51. The minimum absolute atomic E-state index is 0.282. The molecule has 0 spiro atoms. The fourth-order valence-corrected chi connectivity index (χ4v) is 2.39. The van der Waals surface area contributed by atoms with E-state index in [4.69, 9.17) is 11.6 Å². The van der Waals surface area contributed by atoms with Crippen molar-refractivity contribution in [1.82, 2.24) is 9.97 Å². The summed E-state index contributed by atoms with van der Waals surface area (Å²) in [5.74, 6) is -0.282. The quantitative estimate of drug-likeness (QED) is 0.739. The lowest BCUT2D eigenvalue weighted by Gasteiger charge is -2.09. The summed E-state index contributed by atoms with van der Waals surface area (Å²) >= 11 is 9.39. The van der Waals surface area contributed by atoms with Crippen LogP contribution in [0.15, 0.2) is 53.3 Å². The summed E-state index contributed by atoms with van der Waals surface area (Å²) in [6, 6.07) is 10.5. The lowest BCUT2D eigenvalue weighted by molar-refractivity contribution is 0.102. The largest absolute Gasteiger partial charge is 0.320 e. The van der Waals surface area contributed by atoms with Gasteiger partial charge in [-0.1, -0.05) is 11.6 Å². The molecule has 0 aliphatic heterocycles. The fraction of sp³-hybridized carbons (Fsp3) is 0. The Morgan fingerprint density at radius 1 is 1.14 bits per heavy atom. The normalized spacial score (nSPS) is 10.6. The van der Waals surface area contributed by atoms with Gasteiger partial charge in [0.15, 0.2) is 0 Å². The molecule has 3 rings (SSSR count). The van der Waals surface area contributed by atoms with Gasteiger partial charge in [-0.25, -0.2) is 4.98 Å². The number of rotatable bonds is 2. The number of hydrogen-bond donors (Lipinski definition) is 1. The van der Waals surface area contributed by atoms with Crippen molar-refractivity contribution in [2.45, 2.75) is 0 Å². The Morgan fingerprint density at radius 3 is 2.76 bits per heavy atom. The molecule has 0 saturated carbocycles. The molecular formula is C15H9BrClN3O. The maximum atomic E-state index is 12.2. The van der Waals surface area contributed by atoms with Crippen LogP contribution in [0.5, 0.6) is 0 Å². The first-order chi connectivity index (χ1) is 10.1. The van der Waals surface area contributed by atoms with E-state index >= 15 is 0 Å². The molecule has 0 radical (unpaired) electrons. The van der Waals surface area contributed by atoms with E-state index < -0.39 is 0 Å². The van der Waals surface area contributed by atoms with Crippen LogP contribution in [0.4, 0.5) is 5.69 Å². The van der Waals surface area contributed by atoms with Crippen LogP contribution in [0.1, 0.15) is 10.5 Å². The molecule has 2 heterocycles. The van der Waals surface area contributed by atoms with E-state index in [1.807, 2.05) is 6.07 Å². The Morgan fingerprint density at radius 2 is 2.00 bits per heavy atom. The standard InChI is InChI=1S/C15H9BrClN3O/c16-9-3-5-13(19-8-9)15(21)20-12-6-4-11(17)14-10(12)2-1-7-18-14/h1-8H,(H,20,21). The topological polar surface area (TPSA) is 54.9 Å². The van der Waals surface area contributed by atoms with Gasteiger partial charge >= 0.3 is 0 Å². The number of anilines is 1. The molecule has 104 valence electrons. The van der Waals surface area contributed by atoms with Gasteiger partial charge in [0.25, 0.3) is 5.91 Å². The number of carbonyl (C=O) groups excluding carboxylic acids is 1. The monoisotopic (exact) mass is 361 g/mol. The molecule has 0 atom stereocenters. The number of amides is 1. The number of fused-ring (bicyclic) bond motifs is 1. The highest BCUT2D eigenvalue weighted by Gasteiger charge is 2.11. The van der Waals surface area contributed by atoms with Crippen LogP contribution < -0.4 is 5.32 Å². The zero-order valence-corrected chi connectivity index (χ0v) is 13.0. The van der Waals surface area contributed by atoms with Crippen LogP contribution in [0.2, 0.25) is 5.02 Å². The van der Waals surface area contributed by atoms with Crippen molar-refractivity contribution < 1.29 is 4.79 Å². The number of nitrogens with one attached hydrogen (secondary N) is 1. The third-order valence-electron chi connectivity index (χ3n) is 2.93. The van der Waals surface area contributed by atoms with Crippen LogP contribution in [-0.2, 0) is 0 Å². The molecule has 0 bridgehead atoms. The number of pyridine rings is 2. The second kappa shape index (κ2) is 5.79. The van der Waals surface area contributed by atoms with E-state index in [2.05, 4.69) is 31.2 Å². The van der Waals surface area contributed by atoms with Gasteiger partial charge in [-0.3, -0.25) is 9.78 Å². The Balaban J connectivity index is 1.97. The number of nitrogens with zero attached hydrogens (tertiary/aromatic N) is 2. The molecule has 1 amide bonds. The van der Waals surface area contributed by atoms with E-state index in [0.717, 1.165) is 9.86 Å². The average molecular weight is 363 g/mol. The maximum Gasteiger partial charge on any atom is 0.274 e. The second-order valence-corrected chi connectivity index (χ2v) is 5.63. The van der Waals surface area contributed by atoms with Crippen molar-refractivity contribution in [3.05, 3.63) is 64.0 Å². The van der Waals surface area contributed by atoms with Gasteiger partial charge in [0, 0.05) is 22.3 Å². The highest BCUT2D eigenvalue weighted by atomic mass is 79.9. The molecule has 3 aromatic rings. The first-order valence-electron chi connectivity index (χ1n) is 6.11. The second-order valence-electron chi connectivity index (χ2n) is 4.31. The molecule has 1 aromatic carbocycles. The zero-order chi connectivity index (χ0) is 14.8. The number of benzene rings is 1. The Bertz CT molecular complexity index is 821. The highest BCUT2D eigenvalue weighted by Crippen LogP contribution is 2.28. The molecule has 6 heteroatoms. The van der Waals surface area contributed by atoms with Gasteiger partial charge in [-0.15, -0.1) is 0 Å². The van der Waals surface area contributed by atoms with Crippen molar-refractivity contribution in [3.8, 4) is 0 Å². The first-order valence-corrected chi connectivity index (χ1v) is 7.28. The molecule has 0 fully saturated rings. The van der Waals surface area contributed by atoms with Crippen molar-refractivity contribution >= 4 is 50.0 Å². The minimum atomic E-state index is -0.282. The Kier molecular flexibility index (Phi) is 3.86. The lowest BCUT2D eigenvalue weighted by atomic mass is 10.1. The molecule has 0 saturated heterocycles.